The van der Waals surface area contributed by atoms with Gasteiger partial charge in [-0.3, -0.25) is 4.79 Å². The van der Waals surface area contributed by atoms with Gasteiger partial charge in [0, 0.05) is 11.6 Å². The van der Waals surface area contributed by atoms with Crippen LogP contribution in [-0.2, 0) is 42.9 Å². The van der Waals surface area contributed by atoms with Crippen molar-refractivity contribution in [1.29, 1.82) is 0 Å². The molecule has 2 aliphatic carbocycles. The van der Waals surface area contributed by atoms with Crippen molar-refractivity contribution in [1.82, 2.24) is 0 Å². The van der Waals surface area contributed by atoms with Crippen LogP contribution in [0.3, 0.4) is 0 Å². The van der Waals surface area contributed by atoms with Gasteiger partial charge in [-0.25, -0.2) is 19.2 Å². The van der Waals surface area contributed by atoms with Crippen molar-refractivity contribution >= 4 is 29.8 Å². The maximum Gasteiger partial charge on any atom is 0.355 e. The van der Waals surface area contributed by atoms with Gasteiger partial charge in [0.1, 0.15) is 0 Å². The quantitative estimate of drug-likeness (QED) is 0.196. The van der Waals surface area contributed by atoms with Crippen LogP contribution in [0.2, 0.25) is 0 Å². The number of unbranched alkanes of at least 4 members (excludes halogenated alkanes) is 1. The van der Waals surface area contributed by atoms with Gasteiger partial charge < -0.3 is 18.9 Å². The Labute approximate surface area is 205 Å². The summed E-state index contributed by atoms with van der Waals surface area (Å²) < 4.78 is 18.8. The maximum atomic E-state index is 12.4. The normalized spacial score (nSPS) is 23.5. The van der Waals surface area contributed by atoms with Gasteiger partial charge in [-0.1, -0.05) is 26.0 Å². The molecule has 4 atom stereocenters. The largest absolute Gasteiger partial charge is 0.463 e. The SMILES string of the molecule is C=CC(=O)OC(C)C(=O)OCC.CCCCC(=CC1=CC2CCC1C2)C(=O)OC1CC(=O)OC1=O. The number of cyclic esters (lactones) is 2. The Kier molecular flexibility index (Phi) is 10.9. The zero-order chi connectivity index (χ0) is 26.0. The molecular formula is C26H34O9. The van der Waals surface area contributed by atoms with E-state index < -0.39 is 42.1 Å². The summed E-state index contributed by atoms with van der Waals surface area (Å²) in [7, 11) is 0. The van der Waals surface area contributed by atoms with E-state index in [4.69, 9.17) is 4.74 Å². The van der Waals surface area contributed by atoms with Crippen molar-refractivity contribution in [3.63, 3.8) is 0 Å². The number of carbonyl (C=O) groups excluding carboxylic acids is 5. The predicted octanol–water partition coefficient (Wildman–Crippen LogP) is 3.51. The first-order chi connectivity index (χ1) is 16.7. The first-order valence-electron chi connectivity index (χ1n) is 12.1. The molecule has 4 unspecified atom stereocenters. The van der Waals surface area contributed by atoms with Crippen LogP contribution in [-0.4, -0.2) is 48.7 Å². The highest BCUT2D eigenvalue weighted by molar-refractivity contribution is 5.99. The molecule has 1 heterocycles. The third kappa shape index (κ3) is 8.49. The van der Waals surface area contributed by atoms with Crippen LogP contribution in [0.5, 0.6) is 0 Å². The van der Waals surface area contributed by atoms with Crippen molar-refractivity contribution in [3.05, 3.63) is 36.0 Å². The Morgan fingerprint density at radius 1 is 1.23 bits per heavy atom. The zero-order valence-corrected chi connectivity index (χ0v) is 20.6. The van der Waals surface area contributed by atoms with Crippen LogP contribution >= 0.6 is 0 Å². The number of allylic oxidation sites excluding steroid dienone is 3. The Morgan fingerprint density at radius 3 is 2.49 bits per heavy atom. The summed E-state index contributed by atoms with van der Waals surface area (Å²) in [5.41, 5.74) is 1.83. The Hall–Kier alpha value is -3.23. The lowest BCUT2D eigenvalue weighted by Crippen LogP contribution is -2.25. The number of hydrogen-bond donors (Lipinski definition) is 0. The third-order valence-electron chi connectivity index (χ3n) is 5.93. The van der Waals surface area contributed by atoms with E-state index in [1.165, 1.54) is 31.8 Å². The lowest BCUT2D eigenvalue weighted by Gasteiger charge is -2.14. The number of carbonyl (C=O) groups is 5. The average Bonchev–Trinajstić information content (AvgIpc) is 3.52. The molecule has 0 aromatic carbocycles. The molecular weight excluding hydrogens is 456 g/mol. The molecule has 192 valence electrons. The third-order valence-corrected chi connectivity index (χ3v) is 5.93. The maximum absolute atomic E-state index is 12.4. The minimum atomic E-state index is -1.09. The molecule has 0 N–H and O–H groups in total. The topological polar surface area (TPSA) is 122 Å². The fourth-order valence-electron chi connectivity index (χ4n) is 4.13. The van der Waals surface area contributed by atoms with Crippen molar-refractivity contribution in [2.24, 2.45) is 11.8 Å². The van der Waals surface area contributed by atoms with E-state index in [-0.39, 0.29) is 13.0 Å². The van der Waals surface area contributed by atoms with E-state index in [1.807, 2.05) is 6.08 Å². The minimum Gasteiger partial charge on any atom is -0.463 e. The summed E-state index contributed by atoms with van der Waals surface area (Å²) in [6.45, 7) is 8.65. The molecule has 9 nitrogen and oxygen atoms in total. The van der Waals surface area contributed by atoms with Crippen LogP contribution in [0.4, 0.5) is 0 Å². The van der Waals surface area contributed by atoms with Crippen LogP contribution in [0.1, 0.15) is 65.7 Å². The standard InChI is InChI=1S/C18H22O5.C8H12O4/c1-2-3-4-13(9-14-8-11-5-6-12(14)7-11)17(20)22-15-10-16(19)23-18(15)21;1-4-7(9)12-6(3)8(10)11-5-2/h8-9,11-12,15H,2-7,10H2,1H3;4,6H,1,5H2,2-3H3. The van der Waals surface area contributed by atoms with Gasteiger partial charge in [-0.15, -0.1) is 0 Å². The summed E-state index contributed by atoms with van der Waals surface area (Å²) >= 11 is 0. The molecule has 1 aliphatic heterocycles. The fourth-order valence-corrected chi connectivity index (χ4v) is 4.13. The molecule has 35 heavy (non-hydrogen) atoms. The van der Waals surface area contributed by atoms with E-state index in [9.17, 15) is 24.0 Å². The zero-order valence-electron chi connectivity index (χ0n) is 20.6. The highest BCUT2D eigenvalue weighted by Crippen LogP contribution is 2.44. The molecule has 0 aromatic heterocycles. The monoisotopic (exact) mass is 490 g/mol. The Bertz CT molecular complexity index is 898. The van der Waals surface area contributed by atoms with E-state index in [0.717, 1.165) is 18.9 Å². The molecule has 0 aromatic rings. The van der Waals surface area contributed by atoms with E-state index in [1.54, 1.807) is 6.92 Å². The minimum absolute atomic E-state index is 0.182. The van der Waals surface area contributed by atoms with E-state index in [0.29, 0.717) is 23.8 Å². The van der Waals surface area contributed by atoms with Gasteiger partial charge in [0.25, 0.3) is 0 Å². The molecule has 2 fully saturated rings. The molecule has 2 bridgehead atoms. The molecule has 1 saturated heterocycles. The van der Waals surface area contributed by atoms with Gasteiger partial charge in [-0.2, -0.15) is 0 Å². The summed E-state index contributed by atoms with van der Waals surface area (Å²) in [5.74, 6) is -1.87. The lowest BCUT2D eigenvalue weighted by molar-refractivity contribution is -0.163. The molecule has 0 amide bonds. The first-order valence-corrected chi connectivity index (χ1v) is 12.1. The number of hydrogen-bond acceptors (Lipinski definition) is 9. The Morgan fingerprint density at radius 2 is 1.97 bits per heavy atom. The summed E-state index contributed by atoms with van der Waals surface area (Å²) in [4.78, 5) is 56.4. The average molecular weight is 491 g/mol. The predicted molar refractivity (Wildman–Crippen MR) is 125 cm³/mol. The fraction of sp³-hybridized carbons (Fsp3) is 0.577. The number of fused-ring (bicyclic) bond motifs is 2. The molecule has 3 aliphatic rings. The van der Waals surface area contributed by atoms with Crippen LogP contribution < -0.4 is 0 Å². The van der Waals surface area contributed by atoms with Crippen LogP contribution in [0.25, 0.3) is 0 Å². The first kappa shape index (κ1) is 28.0. The summed E-state index contributed by atoms with van der Waals surface area (Å²) in [6.07, 6.45) is 9.17. The number of ether oxygens (including phenoxy) is 4. The molecule has 1 saturated carbocycles. The Balaban J connectivity index is 0.000000307. The van der Waals surface area contributed by atoms with Gasteiger partial charge in [0.15, 0.2) is 6.10 Å². The summed E-state index contributed by atoms with van der Waals surface area (Å²) in [6, 6.07) is 0. The van der Waals surface area contributed by atoms with Gasteiger partial charge >= 0.3 is 29.8 Å². The van der Waals surface area contributed by atoms with E-state index in [2.05, 4.69) is 33.8 Å². The molecule has 0 radical (unpaired) electrons. The lowest BCUT2D eigenvalue weighted by atomic mass is 9.95. The number of esters is 5. The van der Waals surface area contributed by atoms with Crippen LogP contribution in [0.15, 0.2) is 36.0 Å². The summed E-state index contributed by atoms with van der Waals surface area (Å²) in [5, 5.41) is 0. The van der Waals surface area contributed by atoms with Gasteiger partial charge in [0.05, 0.1) is 13.0 Å². The van der Waals surface area contributed by atoms with Crippen molar-refractivity contribution in [3.8, 4) is 0 Å². The van der Waals surface area contributed by atoms with Gasteiger partial charge in [0.2, 0.25) is 6.10 Å². The van der Waals surface area contributed by atoms with Crippen LogP contribution in [0, 0.1) is 11.8 Å². The second-order valence-electron chi connectivity index (χ2n) is 8.64. The second kappa shape index (κ2) is 13.6. The molecule has 9 heteroatoms. The second-order valence-corrected chi connectivity index (χ2v) is 8.64. The van der Waals surface area contributed by atoms with Crippen molar-refractivity contribution in [2.75, 3.05) is 6.61 Å². The highest BCUT2D eigenvalue weighted by Gasteiger charge is 2.37. The molecule has 0 spiro atoms. The smallest absolute Gasteiger partial charge is 0.355 e. The van der Waals surface area contributed by atoms with Crippen molar-refractivity contribution in [2.45, 2.75) is 77.9 Å². The highest BCUT2D eigenvalue weighted by atomic mass is 16.6. The number of rotatable bonds is 10. The molecule has 3 rings (SSSR count). The van der Waals surface area contributed by atoms with Crippen molar-refractivity contribution < 1.29 is 42.9 Å². The van der Waals surface area contributed by atoms with Gasteiger partial charge in [-0.05, 0) is 69.4 Å². The van der Waals surface area contributed by atoms with E-state index >= 15 is 0 Å².